The van der Waals surface area contributed by atoms with Crippen molar-refractivity contribution in [3.05, 3.63) is 58.3 Å². The number of hydrogen-bond acceptors (Lipinski definition) is 4. The minimum absolute atomic E-state index is 0.0596. The Balaban J connectivity index is 2.16. The molecule has 3 rings (SSSR count). The Labute approximate surface area is 127 Å². The Morgan fingerprint density at radius 1 is 1.14 bits per heavy atom. The zero-order valence-electron chi connectivity index (χ0n) is 12.4. The highest BCUT2D eigenvalue weighted by Gasteiger charge is 2.10. The lowest BCUT2D eigenvalue weighted by molar-refractivity contribution is 0.318. The maximum Gasteiger partial charge on any atom is 0.193 e. The first-order valence-electron chi connectivity index (χ1n) is 7.09. The summed E-state index contributed by atoms with van der Waals surface area (Å²) in [6, 6.07) is 11.8. The van der Waals surface area contributed by atoms with Crippen molar-refractivity contribution in [1.82, 2.24) is 0 Å². The van der Waals surface area contributed by atoms with E-state index in [-0.39, 0.29) is 11.2 Å². The molecule has 22 heavy (non-hydrogen) atoms. The average molecular weight is 296 g/mol. The highest BCUT2D eigenvalue weighted by atomic mass is 16.5. The van der Waals surface area contributed by atoms with E-state index in [0.717, 1.165) is 5.56 Å². The van der Waals surface area contributed by atoms with Gasteiger partial charge in [0.2, 0.25) is 0 Å². The van der Waals surface area contributed by atoms with E-state index < -0.39 is 0 Å². The molecule has 0 amide bonds. The van der Waals surface area contributed by atoms with E-state index >= 15 is 0 Å². The van der Waals surface area contributed by atoms with Gasteiger partial charge in [-0.2, -0.15) is 0 Å². The highest BCUT2D eigenvalue weighted by molar-refractivity contribution is 5.79. The molecule has 0 aliphatic heterocycles. The average Bonchev–Trinajstić information content (AvgIpc) is 2.50. The van der Waals surface area contributed by atoms with Crippen molar-refractivity contribution in [2.45, 2.75) is 13.8 Å². The minimum Gasteiger partial charge on any atom is -0.504 e. The summed E-state index contributed by atoms with van der Waals surface area (Å²) >= 11 is 0. The Hall–Kier alpha value is -2.75. The zero-order chi connectivity index (χ0) is 15.7. The lowest BCUT2D eigenvalue weighted by Gasteiger charge is -2.08. The quantitative estimate of drug-likeness (QED) is 0.797. The molecule has 2 aromatic carbocycles. The van der Waals surface area contributed by atoms with Gasteiger partial charge in [0, 0.05) is 11.6 Å². The molecule has 0 saturated heterocycles. The largest absolute Gasteiger partial charge is 0.504 e. The van der Waals surface area contributed by atoms with Crippen LogP contribution in [0.4, 0.5) is 0 Å². The van der Waals surface area contributed by atoms with Gasteiger partial charge in [-0.25, -0.2) is 0 Å². The minimum atomic E-state index is -0.0917. The molecule has 1 aromatic heterocycles. The number of phenolic OH excluding ortho intramolecular Hbond substituents is 1. The van der Waals surface area contributed by atoms with Crippen LogP contribution in [-0.4, -0.2) is 11.7 Å². The fraction of sp³-hybridized carbons (Fsp3) is 0.167. The third-order valence-electron chi connectivity index (χ3n) is 3.43. The van der Waals surface area contributed by atoms with E-state index in [9.17, 15) is 9.90 Å². The summed E-state index contributed by atoms with van der Waals surface area (Å²) < 4.78 is 11.2. The number of ether oxygens (including phenoxy) is 1. The molecule has 112 valence electrons. The Kier molecular flexibility index (Phi) is 3.59. The lowest BCUT2D eigenvalue weighted by Crippen LogP contribution is -2.00. The molecular formula is C18H16O4. The number of aromatic hydroxyl groups is 1. The summed E-state index contributed by atoms with van der Waals surface area (Å²) in [5.74, 6) is 0.873. The number of hydrogen-bond donors (Lipinski definition) is 1. The molecule has 1 N–H and O–H groups in total. The van der Waals surface area contributed by atoms with Gasteiger partial charge in [0.05, 0.1) is 12.0 Å². The second kappa shape index (κ2) is 5.56. The molecule has 1 heterocycles. The molecule has 0 bridgehead atoms. The van der Waals surface area contributed by atoms with Crippen LogP contribution >= 0.6 is 0 Å². The Morgan fingerprint density at radius 2 is 1.95 bits per heavy atom. The number of rotatable bonds is 3. The third-order valence-corrected chi connectivity index (χ3v) is 3.43. The van der Waals surface area contributed by atoms with Gasteiger partial charge in [-0.1, -0.05) is 11.6 Å². The molecule has 0 unspecified atom stereocenters. The van der Waals surface area contributed by atoms with Crippen LogP contribution in [0, 0.1) is 6.92 Å². The molecular weight excluding hydrogens is 280 g/mol. The van der Waals surface area contributed by atoms with Crippen molar-refractivity contribution < 1.29 is 14.3 Å². The van der Waals surface area contributed by atoms with Gasteiger partial charge in [0.1, 0.15) is 11.3 Å². The third kappa shape index (κ3) is 2.55. The van der Waals surface area contributed by atoms with Crippen molar-refractivity contribution in [2.24, 2.45) is 0 Å². The second-order valence-electron chi connectivity index (χ2n) is 5.09. The van der Waals surface area contributed by atoms with Gasteiger partial charge in [-0.15, -0.1) is 0 Å². The fourth-order valence-electron chi connectivity index (χ4n) is 2.35. The van der Waals surface area contributed by atoms with Crippen molar-refractivity contribution in [2.75, 3.05) is 6.61 Å². The van der Waals surface area contributed by atoms with Crippen LogP contribution in [0.2, 0.25) is 0 Å². The Morgan fingerprint density at radius 3 is 2.73 bits per heavy atom. The van der Waals surface area contributed by atoms with Crippen LogP contribution in [0.3, 0.4) is 0 Å². The first-order chi connectivity index (χ1) is 10.6. The topological polar surface area (TPSA) is 59.7 Å². The van der Waals surface area contributed by atoms with E-state index in [4.69, 9.17) is 9.15 Å². The molecule has 0 spiro atoms. The SMILES string of the molecule is CCOc1cc(-c2cc(=O)c3cc(C)ccc3o2)ccc1O. The van der Waals surface area contributed by atoms with Crippen molar-refractivity contribution >= 4 is 11.0 Å². The van der Waals surface area contributed by atoms with Crippen LogP contribution in [0.15, 0.2) is 51.7 Å². The first kappa shape index (κ1) is 14.2. The van der Waals surface area contributed by atoms with Crippen LogP contribution in [0.1, 0.15) is 12.5 Å². The summed E-state index contributed by atoms with van der Waals surface area (Å²) in [5.41, 5.74) is 2.14. The summed E-state index contributed by atoms with van der Waals surface area (Å²) in [5, 5.41) is 10.3. The molecule has 0 radical (unpaired) electrons. The molecule has 0 saturated carbocycles. The number of aryl methyl sites for hydroxylation is 1. The number of fused-ring (bicyclic) bond motifs is 1. The molecule has 4 heteroatoms. The molecule has 0 aliphatic rings. The van der Waals surface area contributed by atoms with Crippen molar-refractivity contribution in [1.29, 1.82) is 0 Å². The van der Waals surface area contributed by atoms with Gasteiger partial charge in [0.15, 0.2) is 16.9 Å². The van der Waals surface area contributed by atoms with Gasteiger partial charge in [0.25, 0.3) is 0 Å². The van der Waals surface area contributed by atoms with Gasteiger partial charge in [-0.3, -0.25) is 4.79 Å². The van der Waals surface area contributed by atoms with E-state index in [1.165, 1.54) is 12.1 Å². The summed E-state index contributed by atoms with van der Waals surface area (Å²) in [4.78, 5) is 12.3. The predicted molar refractivity (Wildman–Crippen MR) is 85.5 cm³/mol. The number of benzene rings is 2. The van der Waals surface area contributed by atoms with Gasteiger partial charge < -0.3 is 14.3 Å². The fourth-order valence-corrected chi connectivity index (χ4v) is 2.35. The zero-order valence-corrected chi connectivity index (χ0v) is 12.4. The van der Waals surface area contributed by atoms with E-state index in [2.05, 4.69) is 0 Å². The monoisotopic (exact) mass is 296 g/mol. The van der Waals surface area contributed by atoms with E-state index in [0.29, 0.717) is 34.6 Å². The van der Waals surface area contributed by atoms with Crippen molar-refractivity contribution in [3.8, 4) is 22.8 Å². The Bertz CT molecular complexity index is 893. The summed E-state index contributed by atoms with van der Waals surface area (Å²) in [7, 11) is 0. The van der Waals surface area contributed by atoms with Crippen LogP contribution in [0.5, 0.6) is 11.5 Å². The molecule has 0 fully saturated rings. The molecule has 0 aliphatic carbocycles. The number of phenols is 1. The van der Waals surface area contributed by atoms with Crippen LogP contribution in [0.25, 0.3) is 22.3 Å². The standard InChI is InChI=1S/C18H16O4/c1-3-21-18-9-12(5-6-14(18)19)17-10-15(20)13-8-11(2)4-7-16(13)22-17/h4-10,19H,3H2,1-2H3. The highest BCUT2D eigenvalue weighted by Crippen LogP contribution is 2.32. The van der Waals surface area contributed by atoms with E-state index in [1.54, 1.807) is 18.2 Å². The molecule has 0 atom stereocenters. The molecule has 4 nitrogen and oxygen atoms in total. The second-order valence-corrected chi connectivity index (χ2v) is 5.09. The van der Waals surface area contributed by atoms with Gasteiger partial charge in [-0.05, 0) is 44.2 Å². The smallest absolute Gasteiger partial charge is 0.193 e. The van der Waals surface area contributed by atoms with Crippen molar-refractivity contribution in [3.63, 3.8) is 0 Å². The lowest BCUT2D eigenvalue weighted by atomic mass is 10.1. The maximum absolute atomic E-state index is 12.3. The molecule has 3 aromatic rings. The normalized spacial score (nSPS) is 10.8. The van der Waals surface area contributed by atoms with Crippen LogP contribution < -0.4 is 10.2 Å². The van der Waals surface area contributed by atoms with Crippen LogP contribution in [-0.2, 0) is 0 Å². The summed E-state index contributed by atoms with van der Waals surface area (Å²) in [6.07, 6.45) is 0. The first-order valence-corrected chi connectivity index (χ1v) is 7.09. The maximum atomic E-state index is 12.3. The van der Waals surface area contributed by atoms with Gasteiger partial charge >= 0.3 is 0 Å². The summed E-state index contributed by atoms with van der Waals surface area (Å²) in [6.45, 7) is 4.21. The predicted octanol–water partition coefficient (Wildman–Crippen LogP) is 3.87. The van der Waals surface area contributed by atoms with E-state index in [1.807, 2.05) is 26.0 Å².